The lowest BCUT2D eigenvalue weighted by atomic mass is 10.2. The van der Waals surface area contributed by atoms with Crippen molar-refractivity contribution < 1.29 is 13.0 Å². The van der Waals surface area contributed by atoms with Crippen LogP contribution in [-0.4, -0.2) is 54.2 Å². The SMILES string of the molecule is N#Cc1cccnc1N1CCN(S(=O)(=O)c2cccc3nonc23)CC1. The van der Waals surface area contributed by atoms with E-state index in [0.29, 0.717) is 30.0 Å². The minimum atomic E-state index is -3.72. The van der Waals surface area contributed by atoms with E-state index < -0.39 is 10.0 Å². The molecule has 0 amide bonds. The van der Waals surface area contributed by atoms with Gasteiger partial charge in [0.15, 0.2) is 5.52 Å². The Balaban J connectivity index is 1.58. The van der Waals surface area contributed by atoms with Gasteiger partial charge < -0.3 is 4.90 Å². The first kappa shape index (κ1) is 16.4. The highest BCUT2D eigenvalue weighted by Gasteiger charge is 2.31. The van der Waals surface area contributed by atoms with E-state index in [0.717, 1.165) is 0 Å². The van der Waals surface area contributed by atoms with E-state index in [1.807, 2.05) is 4.90 Å². The fourth-order valence-electron chi connectivity index (χ4n) is 3.01. The molecule has 0 N–H and O–H groups in total. The zero-order chi connectivity index (χ0) is 18.1. The largest absolute Gasteiger partial charge is 0.353 e. The number of piperazine rings is 1. The van der Waals surface area contributed by atoms with Gasteiger partial charge in [-0.2, -0.15) is 9.57 Å². The lowest BCUT2D eigenvalue weighted by Crippen LogP contribution is -2.49. The summed E-state index contributed by atoms with van der Waals surface area (Å²) in [5.74, 6) is 0.579. The van der Waals surface area contributed by atoms with Crippen LogP contribution in [0.4, 0.5) is 5.82 Å². The molecule has 1 saturated heterocycles. The maximum atomic E-state index is 13.0. The fourth-order valence-corrected chi connectivity index (χ4v) is 4.56. The van der Waals surface area contributed by atoms with E-state index in [-0.39, 0.29) is 23.5 Å². The number of anilines is 1. The lowest BCUT2D eigenvalue weighted by Gasteiger charge is -2.34. The van der Waals surface area contributed by atoms with Crippen LogP contribution in [0, 0.1) is 11.3 Å². The zero-order valence-corrected chi connectivity index (χ0v) is 14.4. The number of nitrogens with zero attached hydrogens (tertiary/aromatic N) is 6. The summed E-state index contributed by atoms with van der Waals surface area (Å²) in [6.45, 7) is 1.45. The molecule has 1 aliphatic rings. The van der Waals surface area contributed by atoms with Gasteiger partial charge in [-0.1, -0.05) is 6.07 Å². The Morgan fingerprint density at radius 2 is 1.88 bits per heavy atom. The molecular weight excluding hydrogens is 356 g/mol. The van der Waals surface area contributed by atoms with E-state index in [1.165, 1.54) is 10.4 Å². The highest BCUT2D eigenvalue weighted by Crippen LogP contribution is 2.25. The van der Waals surface area contributed by atoms with E-state index in [9.17, 15) is 13.7 Å². The van der Waals surface area contributed by atoms with Crippen molar-refractivity contribution in [3.63, 3.8) is 0 Å². The van der Waals surface area contributed by atoms with Gasteiger partial charge in [-0.05, 0) is 34.6 Å². The summed E-state index contributed by atoms with van der Waals surface area (Å²) < 4.78 is 32.1. The van der Waals surface area contributed by atoms with Crippen molar-refractivity contribution in [2.75, 3.05) is 31.1 Å². The van der Waals surface area contributed by atoms with Gasteiger partial charge in [-0.15, -0.1) is 0 Å². The molecule has 132 valence electrons. The van der Waals surface area contributed by atoms with Crippen molar-refractivity contribution in [2.24, 2.45) is 0 Å². The molecule has 4 rings (SSSR count). The predicted molar refractivity (Wildman–Crippen MR) is 91.7 cm³/mol. The van der Waals surface area contributed by atoms with Crippen LogP contribution in [0.2, 0.25) is 0 Å². The van der Waals surface area contributed by atoms with Crippen LogP contribution < -0.4 is 4.90 Å². The first-order valence-electron chi connectivity index (χ1n) is 7.93. The minimum absolute atomic E-state index is 0.0836. The third-order valence-electron chi connectivity index (χ3n) is 4.31. The zero-order valence-electron chi connectivity index (χ0n) is 13.6. The molecule has 9 nitrogen and oxygen atoms in total. The molecule has 3 heterocycles. The van der Waals surface area contributed by atoms with E-state index in [4.69, 9.17) is 0 Å². The number of fused-ring (bicyclic) bond motifs is 1. The summed E-state index contributed by atoms with van der Waals surface area (Å²) in [5, 5.41) is 16.6. The quantitative estimate of drug-likeness (QED) is 0.670. The highest BCUT2D eigenvalue weighted by molar-refractivity contribution is 7.89. The summed E-state index contributed by atoms with van der Waals surface area (Å²) in [6.07, 6.45) is 1.62. The topological polar surface area (TPSA) is 116 Å². The Hall–Kier alpha value is -3.03. The molecule has 0 aliphatic carbocycles. The summed E-state index contributed by atoms with van der Waals surface area (Å²) in [5.41, 5.74) is 1.10. The molecule has 0 radical (unpaired) electrons. The Morgan fingerprint density at radius 3 is 2.65 bits per heavy atom. The van der Waals surface area contributed by atoms with Crippen molar-refractivity contribution in [3.8, 4) is 6.07 Å². The number of hydrogen-bond acceptors (Lipinski definition) is 8. The van der Waals surface area contributed by atoms with Crippen LogP contribution >= 0.6 is 0 Å². The van der Waals surface area contributed by atoms with Crippen molar-refractivity contribution in [3.05, 3.63) is 42.1 Å². The summed E-state index contributed by atoms with van der Waals surface area (Å²) >= 11 is 0. The lowest BCUT2D eigenvalue weighted by molar-refractivity contribution is 0.315. The van der Waals surface area contributed by atoms with Crippen molar-refractivity contribution in [1.82, 2.24) is 19.6 Å². The molecule has 0 atom stereocenters. The Labute approximate surface area is 149 Å². The number of rotatable bonds is 3. The van der Waals surface area contributed by atoms with Crippen LogP contribution in [-0.2, 0) is 10.0 Å². The molecule has 3 aromatic rings. The number of sulfonamides is 1. The van der Waals surface area contributed by atoms with Crippen molar-refractivity contribution >= 4 is 26.9 Å². The molecule has 0 spiro atoms. The third-order valence-corrected chi connectivity index (χ3v) is 6.24. The Morgan fingerprint density at radius 1 is 1.08 bits per heavy atom. The van der Waals surface area contributed by atoms with Gasteiger partial charge in [-0.25, -0.2) is 18.0 Å². The second-order valence-corrected chi connectivity index (χ2v) is 7.67. The van der Waals surface area contributed by atoms with Gasteiger partial charge in [0.2, 0.25) is 10.0 Å². The normalized spacial score (nSPS) is 15.9. The molecule has 1 aliphatic heterocycles. The fraction of sp³-hybridized carbons (Fsp3) is 0.250. The number of nitriles is 1. The standard InChI is InChI=1S/C16H14N6O3S/c17-11-12-3-2-6-18-16(12)21-7-9-22(10-8-21)26(23,24)14-5-1-4-13-15(14)20-25-19-13/h1-6H,7-10H2. The van der Waals surface area contributed by atoms with Crippen LogP contribution in [0.5, 0.6) is 0 Å². The summed E-state index contributed by atoms with van der Waals surface area (Å²) in [6, 6.07) is 10.3. The molecule has 10 heteroatoms. The van der Waals surface area contributed by atoms with Crippen molar-refractivity contribution in [1.29, 1.82) is 5.26 Å². The molecular formula is C16H14N6O3S. The highest BCUT2D eigenvalue weighted by atomic mass is 32.2. The van der Waals surface area contributed by atoms with Gasteiger partial charge in [0.05, 0.1) is 5.56 Å². The first-order valence-corrected chi connectivity index (χ1v) is 9.37. The third kappa shape index (κ3) is 2.67. The monoisotopic (exact) mass is 370 g/mol. The van der Waals surface area contributed by atoms with Gasteiger partial charge in [0.25, 0.3) is 0 Å². The van der Waals surface area contributed by atoms with E-state index in [1.54, 1.807) is 30.5 Å². The molecule has 1 aromatic carbocycles. The minimum Gasteiger partial charge on any atom is -0.353 e. The smallest absolute Gasteiger partial charge is 0.245 e. The molecule has 0 unspecified atom stereocenters. The van der Waals surface area contributed by atoms with Crippen molar-refractivity contribution in [2.45, 2.75) is 4.90 Å². The van der Waals surface area contributed by atoms with Gasteiger partial charge >= 0.3 is 0 Å². The second-order valence-electron chi connectivity index (χ2n) is 5.77. The van der Waals surface area contributed by atoms with Crippen LogP contribution in [0.15, 0.2) is 46.1 Å². The maximum Gasteiger partial charge on any atom is 0.245 e. The molecule has 0 saturated carbocycles. The second kappa shape index (κ2) is 6.36. The molecule has 26 heavy (non-hydrogen) atoms. The number of aromatic nitrogens is 3. The Kier molecular flexibility index (Phi) is 4.02. The predicted octanol–water partition coefficient (Wildman–Crippen LogP) is 1.00. The number of benzene rings is 1. The molecule has 0 bridgehead atoms. The van der Waals surface area contributed by atoms with Gasteiger partial charge in [0, 0.05) is 32.4 Å². The summed E-state index contributed by atoms with van der Waals surface area (Å²) in [7, 11) is -3.72. The van der Waals surface area contributed by atoms with Gasteiger partial charge in [-0.3, -0.25) is 0 Å². The average molecular weight is 370 g/mol. The van der Waals surface area contributed by atoms with Crippen LogP contribution in [0.1, 0.15) is 5.56 Å². The Bertz CT molecular complexity index is 1100. The van der Waals surface area contributed by atoms with Gasteiger partial charge in [0.1, 0.15) is 22.3 Å². The molecule has 1 fully saturated rings. The number of pyridine rings is 1. The first-order chi connectivity index (χ1) is 12.6. The molecule has 2 aromatic heterocycles. The number of hydrogen-bond donors (Lipinski definition) is 0. The van der Waals surface area contributed by atoms with Crippen LogP contribution in [0.3, 0.4) is 0 Å². The summed E-state index contributed by atoms with van der Waals surface area (Å²) in [4.78, 5) is 6.26. The maximum absolute atomic E-state index is 13.0. The van der Waals surface area contributed by atoms with Crippen LogP contribution in [0.25, 0.3) is 11.0 Å². The van der Waals surface area contributed by atoms with E-state index in [2.05, 4.69) is 26.0 Å². The van der Waals surface area contributed by atoms with E-state index >= 15 is 0 Å². The average Bonchev–Trinajstić information content (AvgIpc) is 3.16.